The van der Waals surface area contributed by atoms with Crippen LogP contribution in [-0.4, -0.2) is 36.7 Å². The summed E-state index contributed by atoms with van der Waals surface area (Å²) >= 11 is 0. The predicted molar refractivity (Wildman–Crippen MR) is 77.2 cm³/mol. The first kappa shape index (κ1) is 14.9. The van der Waals surface area contributed by atoms with Gasteiger partial charge in [-0.05, 0) is 42.4 Å². The number of hydrogen-bond donors (Lipinski definition) is 2. The second-order valence-corrected chi connectivity index (χ2v) is 5.62. The highest BCUT2D eigenvalue weighted by molar-refractivity contribution is 5.77. The van der Waals surface area contributed by atoms with Crippen molar-refractivity contribution in [3.8, 4) is 0 Å². The van der Waals surface area contributed by atoms with Crippen LogP contribution in [0.15, 0.2) is 24.5 Å². The molecular weight excluding hydrogens is 254 g/mol. The molecular formula is C15H23N3O2. The van der Waals surface area contributed by atoms with Crippen molar-refractivity contribution in [1.82, 2.24) is 10.3 Å². The molecule has 0 saturated heterocycles. The molecule has 0 unspecified atom stereocenters. The molecule has 1 fully saturated rings. The topological polar surface area (TPSA) is 77.2 Å². The van der Waals surface area contributed by atoms with Gasteiger partial charge in [0, 0.05) is 31.6 Å². The molecule has 1 aromatic heterocycles. The van der Waals surface area contributed by atoms with E-state index in [9.17, 15) is 4.79 Å². The minimum atomic E-state index is -0.0952. The van der Waals surface area contributed by atoms with Crippen molar-refractivity contribution < 1.29 is 9.53 Å². The van der Waals surface area contributed by atoms with Gasteiger partial charge in [0.1, 0.15) is 6.61 Å². The number of pyridine rings is 1. The van der Waals surface area contributed by atoms with Crippen molar-refractivity contribution >= 4 is 5.91 Å². The number of nitrogens with one attached hydrogen (secondary N) is 1. The molecule has 110 valence electrons. The second kappa shape index (κ2) is 6.81. The standard InChI is InChI=1S/C15H23N3O2/c1-10-7-12(11-3-5-17-6-4-11)8-13(16)15(10)18-14(19)9-20-2/h3-6,10,12-13,15H,7-9,16H2,1-2H3,(H,18,19)/t10-,12+,13+,15-/m0/s1. The zero-order chi connectivity index (χ0) is 14.5. The summed E-state index contributed by atoms with van der Waals surface area (Å²) in [6, 6.07) is 4.09. The van der Waals surface area contributed by atoms with Crippen LogP contribution in [0.1, 0.15) is 31.2 Å². The molecule has 5 nitrogen and oxygen atoms in total. The molecule has 20 heavy (non-hydrogen) atoms. The Bertz CT molecular complexity index is 426. The Labute approximate surface area is 119 Å². The van der Waals surface area contributed by atoms with Crippen LogP contribution in [0, 0.1) is 5.92 Å². The maximum Gasteiger partial charge on any atom is 0.246 e. The maximum absolute atomic E-state index is 11.7. The lowest BCUT2D eigenvalue weighted by molar-refractivity contribution is -0.126. The molecule has 1 saturated carbocycles. The normalized spacial score (nSPS) is 29.9. The van der Waals surface area contributed by atoms with Gasteiger partial charge in [-0.3, -0.25) is 9.78 Å². The van der Waals surface area contributed by atoms with Crippen LogP contribution in [0.5, 0.6) is 0 Å². The largest absolute Gasteiger partial charge is 0.375 e. The highest BCUT2D eigenvalue weighted by atomic mass is 16.5. The van der Waals surface area contributed by atoms with Gasteiger partial charge in [0.25, 0.3) is 0 Å². The minimum absolute atomic E-state index is 0.0238. The molecule has 0 aromatic carbocycles. The van der Waals surface area contributed by atoms with Crippen molar-refractivity contribution in [2.45, 2.75) is 37.8 Å². The van der Waals surface area contributed by atoms with Crippen LogP contribution in [0.3, 0.4) is 0 Å². The van der Waals surface area contributed by atoms with E-state index in [1.54, 1.807) is 0 Å². The van der Waals surface area contributed by atoms with Gasteiger partial charge in [-0.15, -0.1) is 0 Å². The van der Waals surface area contributed by atoms with Crippen molar-refractivity contribution in [3.05, 3.63) is 30.1 Å². The van der Waals surface area contributed by atoms with E-state index in [4.69, 9.17) is 10.5 Å². The molecule has 1 aliphatic carbocycles. The molecule has 5 heteroatoms. The molecule has 4 atom stereocenters. The van der Waals surface area contributed by atoms with Crippen LogP contribution in [0.4, 0.5) is 0 Å². The fourth-order valence-electron chi connectivity index (χ4n) is 3.10. The molecule has 0 aliphatic heterocycles. The SMILES string of the molecule is COCC(=O)N[C@@H]1[C@H](N)C[C@H](c2ccncc2)C[C@@H]1C. The third-order valence-corrected chi connectivity index (χ3v) is 4.07. The van der Waals surface area contributed by atoms with Gasteiger partial charge in [-0.1, -0.05) is 6.92 Å². The van der Waals surface area contributed by atoms with Gasteiger partial charge >= 0.3 is 0 Å². The van der Waals surface area contributed by atoms with Gasteiger partial charge in [0.2, 0.25) is 5.91 Å². The van der Waals surface area contributed by atoms with Crippen molar-refractivity contribution in [2.24, 2.45) is 11.7 Å². The first-order valence-corrected chi connectivity index (χ1v) is 7.05. The van der Waals surface area contributed by atoms with Gasteiger partial charge < -0.3 is 15.8 Å². The van der Waals surface area contributed by atoms with Crippen LogP contribution in [0.25, 0.3) is 0 Å². The average Bonchev–Trinajstić information content (AvgIpc) is 2.44. The smallest absolute Gasteiger partial charge is 0.246 e. The summed E-state index contributed by atoms with van der Waals surface area (Å²) in [6.45, 7) is 2.23. The predicted octanol–water partition coefficient (Wildman–Crippen LogP) is 1.05. The number of nitrogens with zero attached hydrogens (tertiary/aromatic N) is 1. The van der Waals surface area contributed by atoms with E-state index in [2.05, 4.69) is 17.2 Å². The lowest BCUT2D eigenvalue weighted by Crippen LogP contribution is -2.55. The van der Waals surface area contributed by atoms with Crippen LogP contribution < -0.4 is 11.1 Å². The summed E-state index contributed by atoms with van der Waals surface area (Å²) in [4.78, 5) is 15.7. The number of carbonyl (C=O) groups is 1. The Morgan fingerprint density at radius 1 is 1.45 bits per heavy atom. The number of aromatic nitrogens is 1. The third kappa shape index (κ3) is 3.55. The highest BCUT2D eigenvalue weighted by Gasteiger charge is 2.34. The second-order valence-electron chi connectivity index (χ2n) is 5.62. The van der Waals surface area contributed by atoms with E-state index < -0.39 is 0 Å². The fraction of sp³-hybridized carbons (Fsp3) is 0.600. The molecule has 0 spiro atoms. The monoisotopic (exact) mass is 277 g/mol. The number of carbonyl (C=O) groups excluding carboxylic acids is 1. The quantitative estimate of drug-likeness (QED) is 0.862. The molecule has 1 aliphatic rings. The lowest BCUT2D eigenvalue weighted by Gasteiger charge is -2.39. The van der Waals surface area contributed by atoms with E-state index in [0.29, 0.717) is 11.8 Å². The van der Waals surface area contributed by atoms with Crippen molar-refractivity contribution in [3.63, 3.8) is 0 Å². The number of nitrogens with two attached hydrogens (primary N) is 1. The number of rotatable bonds is 4. The summed E-state index contributed by atoms with van der Waals surface area (Å²) < 4.78 is 4.85. The Kier molecular flexibility index (Phi) is 5.09. The number of methoxy groups -OCH3 is 1. The van der Waals surface area contributed by atoms with Crippen LogP contribution in [-0.2, 0) is 9.53 Å². The van der Waals surface area contributed by atoms with E-state index in [1.165, 1.54) is 12.7 Å². The van der Waals surface area contributed by atoms with Crippen molar-refractivity contribution in [2.75, 3.05) is 13.7 Å². The van der Waals surface area contributed by atoms with Gasteiger partial charge in [0.05, 0.1) is 0 Å². The van der Waals surface area contributed by atoms with Gasteiger partial charge in [-0.2, -0.15) is 0 Å². The number of ether oxygens (including phenoxy) is 1. The van der Waals surface area contributed by atoms with E-state index in [0.717, 1.165) is 12.8 Å². The van der Waals surface area contributed by atoms with Crippen molar-refractivity contribution in [1.29, 1.82) is 0 Å². The molecule has 1 amide bonds. The van der Waals surface area contributed by atoms with Gasteiger partial charge in [-0.25, -0.2) is 0 Å². The lowest BCUT2D eigenvalue weighted by atomic mass is 9.73. The van der Waals surface area contributed by atoms with E-state index in [-0.39, 0.29) is 24.6 Å². The summed E-state index contributed by atoms with van der Waals surface area (Å²) in [7, 11) is 1.52. The average molecular weight is 277 g/mol. The first-order chi connectivity index (χ1) is 9.61. The Morgan fingerprint density at radius 2 is 2.15 bits per heavy atom. The summed E-state index contributed by atoms with van der Waals surface area (Å²) in [5, 5.41) is 2.99. The summed E-state index contributed by atoms with van der Waals surface area (Å²) in [6.07, 6.45) is 5.54. The highest BCUT2D eigenvalue weighted by Crippen LogP contribution is 2.35. The Morgan fingerprint density at radius 3 is 2.75 bits per heavy atom. The molecule has 1 heterocycles. The number of amides is 1. The molecule has 0 radical (unpaired) electrons. The first-order valence-electron chi connectivity index (χ1n) is 7.05. The van der Waals surface area contributed by atoms with Gasteiger partial charge in [0.15, 0.2) is 0 Å². The third-order valence-electron chi connectivity index (χ3n) is 4.07. The summed E-state index contributed by atoms with van der Waals surface area (Å²) in [5.41, 5.74) is 7.55. The minimum Gasteiger partial charge on any atom is -0.375 e. The van der Waals surface area contributed by atoms with E-state index in [1.807, 2.05) is 24.5 Å². The fourth-order valence-corrected chi connectivity index (χ4v) is 3.10. The van der Waals surface area contributed by atoms with Crippen LogP contribution >= 0.6 is 0 Å². The Balaban J connectivity index is 1.99. The maximum atomic E-state index is 11.7. The molecule has 3 N–H and O–H groups in total. The zero-order valence-electron chi connectivity index (χ0n) is 12.1. The zero-order valence-corrected chi connectivity index (χ0v) is 12.1. The summed E-state index contributed by atoms with van der Waals surface area (Å²) in [5.74, 6) is 0.693. The molecule has 1 aromatic rings. The Hall–Kier alpha value is -1.46. The molecule has 0 bridgehead atoms. The number of hydrogen-bond acceptors (Lipinski definition) is 4. The van der Waals surface area contributed by atoms with Crippen LogP contribution in [0.2, 0.25) is 0 Å². The van der Waals surface area contributed by atoms with E-state index >= 15 is 0 Å². The molecule has 2 rings (SSSR count).